The molecule has 248 valence electrons. The number of urea groups is 1. The molecule has 4 N–H and O–H groups in total. The molecule has 45 heavy (non-hydrogen) atoms. The maximum Gasteiger partial charge on any atom is 0.315 e. The summed E-state index contributed by atoms with van der Waals surface area (Å²) in [6.45, 7) is 7.72. The maximum atomic E-state index is 14.3. The zero-order valence-corrected chi connectivity index (χ0v) is 27.4. The number of hydrogen-bond donors (Lipinski definition) is 4. The van der Waals surface area contributed by atoms with E-state index in [1.54, 1.807) is 12.2 Å². The quantitative estimate of drug-likeness (QED) is 0.0971. The van der Waals surface area contributed by atoms with Gasteiger partial charge in [-0.1, -0.05) is 37.8 Å². The van der Waals surface area contributed by atoms with Crippen molar-refractivity contribution in [3.63, 3.8) is 0 Å². The summed E-state index contributed by atoms with van der Waals surface area (Å²) in [6, 6.07) is -3.18. The molecule has 0 aromatic carbocycles. The number of Topliss-reactive ketones (excluding diaryl/α,β-unsaturated/α-hetero) is 1. The van der Waals surface area contributed by atoms with Crippen LogP contribution in [0, 0.1) is 29.6 Å². The lowest BCUT2D eigenvalue weighted by molar-refractivity contribution is -0.144. The Morgan fingerprint density at radius 3 is 2.31 bits per heavy atom. The van der Waals surface area contributed by atoms with Crippen molar-refractivity contribution in [1.82, 2.24) is 26.2 Å². The second-order valence-corrected chi connectivity index (χ2v) is 15.1. The number of halogens is 2. The number of likely N-dealkylation sites (tertiary alicyclic amines) is 1. The van der Waals surface area contributed by atoms with Gasteiger partial charge in [0.15, 0.2) is 0 Å². The van der Waals surface area contributed by atoms with E-state index in [4.69, 9.17) is 23.2 Å². The second kappa shape index (κ2) is 14.4. The maximum absolute atomic E-state index is 14.3. The summed E-state index contributed by atoms with van der Waals surface area (Å²) in [5, 5.41) is 11.5. The summed E-state index contributed by atoms with van der Waals surface area (Å²) >= 11 is 13.2. The van der Waals surface area contributed by atoms with Crippen LogP contribution in [0.25, 0.3) is 0 Å². The first-order chi connectivity index (χ1) is 21.6. The number of hydrogen-bond acceptors (Lipinski definition) is 5. The van der Waals surface area contributed by atoms with E-state index >= 15 is 0 Å². The van der Waals surface area contributed by atoms with E-state index in [0.717, 1.165) is 51.4 Å². The molecule has 0 aromatic heterocycles. The van der Waals surface area contributed by atoms with Gasteiger partial charge < -0.3 is 26.2 Å². The van der Waals surface area contributed by atoms with E-state index in [1.165, 1.54) is 11.3 Å². The Bertz CT molecular complexity index is 1190. The third kappa shape index (κ3) is 7.37. The van der Waals surface area contributed by atoms with Crippen LogP contribution in [-0.2, 0) is 19.2 Å². The fourth-order valence-electron chi connectivity index (χ4n) is 8.28. The molecule has 5 aliphatic rings. The second-order valence-electron chi connectivity index (χ2n) is 13.6. The number of fused-ring (bicyclic) bond motifs is 3. The Kier molecular flexibility index (Phi) is 10.8. The van der Waals surface area contributed by atoms with Crippen molar-refractivity contribution < 1.29 is 24.0 Å². The predicted molar refractivity (Wildman–Crippen MR) is 172 cm³/mol. The molecule has 8 atom stereocenters. The van der Waals surface area contributed by atoms with Gasteiger partial charge in [0.25, 0.3) is 5.91 Å². The Hall–Kier alpha value is -2.59. The molecular weight excluding hydrogens is 617 g/mol. The lowest BCUT2D eigenvalue weighted by atomic mass is 9.83. The van der Waals surface area contributed by atoms with Gasteiger partial charge in [-0.05, 0) is 69.1 Å². The zero-order chi connectivity index (χ0) is 32.3. The summed E-state index contributed by atoms with van der Waals surface area (Å²) in [7, 11) is 0. The summed E-state index contributed by atoms with van der Waals surface area (Å²) in [5.41, 5.74) is 0. The van der Waals surface area contributed by atoms with Crippen molar-refractivity contribution in [2.45, 2.75) is 106 Å². The van der Waals surface area contributed by atoms with Crippen molar-refractivity contribution in [3.05, 3.63) is 25.3 Å². The highest BCUT2D eigenvalue weighted by Gasteiger charge is 2.74. The third-order valence-corrected chi connectivity index (χ3v) is 11.8. The molecule has 1 heterocycles. The van der Waals surface area contributed by atoms with E-state index in [9.17, 15) is 24.0 Å². The number of piperidine rings is 1. The molecule has 1 aliphatic heterocycles. The molecule has 0 radical (unpaired) electrons. The van der Waals surface area contributed by atoms with Crippen LogP contribution in [-0.4, -0.2) is 76.0 Å². The first-order valence-electron chi connectivity index (χ1n) is 16.7. The molecule has 0 aromatic rings. The van der Waals surface area contributed by atoms with Gasteiger partial charge in [-0.15, -0.1) is 36.4 Å². The largest absolute Gasteiger partial charge is 0.349 e. The molecular formula is C33H47Cl2N5O5. The van der Waals surface area contributed by atoms with Crippen LogP contribution in [0.15, 0.2) is 25.3 Å². The average molecular weight is 665 g/mol. The number of carbonyl (C=O) groups excluding carboxylic acids is 5. The lowest BCUT2D eigenvalue weighted by Crippen LogP contribution is -2.61. The van der Waals surface area contributed by atoms with Crippen LogP contribution < -0.4 is 21.3 Å². The van der Waals surface area contributed by atoms with Crippen molar-refractivity contribution in [2.24, 2.45) is 29.6 Å². The molecule has 0 spiro atoms. The van der Waals surface area contributed by atoms with Crippen LogP contribution in [0.1, 0.15) is 77.0 Å². The normalized spacial score (nSPS) is 30.8. The molecule has 2 bridgehead atoms. The minimum atomic E-state index is -1.19. The summed E-state index contributed by atoms with van der Waals surface area (Å²) in [4.78, 5) is 68.7. The monoisotopic (exact) mass is 663 g/mol. The fourth-order valence-corrected chi connectivity index (χ4v) is 9.10. The van der Waals surface area contributed by atoms with Crippen molar-refractivity contribution in [2.75, 3.05) is 13.1 Å². The number of nitrogens with zero attached hydrogens (tertiary/aromatic N) is 1. The minimum Gasteiger partial charge on any atom is -0.349 e. The standard InChI is InChI=1S/C33H47Cl2N5O5/c1-3-5-12-23(28(41)30(43)36-15-6-4-2)37-29(42)27-25-22(33(25,34)35)18-40(27)31(44)26(20-10-8-7-9-11-20)39-32(45)38-24-17-19-13-14-21(24)16-19/h3-4,19-27H,1-2,5-18H2,(H,36,43)(H,37,42)(H2,38,39,45)/t19?,21?,22?,23?,24?,25?,26?,27-/m0/s1. The van der Waals surface area contributed by atoms with Gasteiger partial charge in [-0.3, -0.25) is 19.2 Å². The minimum absolute atomic E-state index is 0.0596. The highest BCUT2D eigenvalue weighted by molar-refractivity contribution is 6.51. The lowest BCUT2D eigenvalue weighted by Gasteiger charge is -2.37. The summed E-state index contributed by atoms with van der Waals surface area (Å²) in [6.07, 6.45) is 13.4. The number of allylic oxidation sites excluding steroid dienone is 1. The number of alkyl halides is 2. The fraction of sp³-hybridized carbons (Fsp3) is 0.727. The van der Waals surface area contributed by atoms with Crippen LogP contribution >= 0.6 is 23.2 Å². The van der Waals surface area contributed by atoms with Crippen LogP contribution in [0.2, 0.25) is 0 Å². The number of ketones is 1. The van der Waals surface area contributed by atoms with E-state index in [1.807, 2.05) is 0 Å². The number of amides is 5. The smallest absolute Gasteiger partial charge is 0.315 e. The zero-order valence-electron chi connectivity index (χ0n) is 25.9. The third-order valence-electron chi connectivity index (χ3n) is 10.8. The first kappa shape index (κ1) is 33.8. The molecule has 5 rings (SSSR count). The molecule has 5 amide bonds. The van der Waals surface area contributed by atoms with Crippen molar-refractivity contribution in [3.8, 4) is 0 Å². The first-order valence-corrected chi connectivity index (χ1v) is 17.4. The van der Waals surface area contributed by atoms with E-state index < -0.39 is 46.0 Å². The van der Waals surface area contributed by atoms with Crippen molar-refractivity contribution in [1.29, 1.82) is 0 Å². The highest BCUT2D eigenvalue weighted by Crippen LogP contribution is 2.65. The van der Waals surface area contributed by atoms with E-state index in [2.05, 4.69) is 34.4 Å². The number of nitrogens with one attached hydrogen (secondary N) is 4. The average Bonchev–Trinajstić information content (AvgIpc) is 3.54. The Morgan fingerprint density at radius 2 is 1.67 bits per heavy atom. The molecule has 4 saturated carbocycles. The van der Waals surface area contributed by atoms with Crippen LogP contribution in [0.4, 0.5) is 4.79 Å². The van der Waals surface area contributed by atoms with Gasteiger partial charge in [0.05, 0.1) is 6.04 Å². The molecule has 4 aliphatic carbocycles. The van der Waals surface area contributed by atoms with Gasteiger partial charge in [-0.2, -0.15) is 0 Å². The van der Waals surface area contributed by atoms with Gasteiger partial charge in [0, 0.05) is 31.0 Å². The Balaban J connectivity index is 1.31. The highest BCUT2D eigenvalue weighted by atomic mass is 35.5. The summed E-state index contributed by atoms with van der Waals surface area (Å²) < 4.78 is -1.19. The molecule has 10 nitrogen and oxygen atoms in total. The Morgan fingerprint density at radius 1 is 0.933 bits per heavy atom. The topological polar surface area (TPSA) is 137 Å². The summed E-state index contributed by atoms with van der Waals surface area (Å²) in [5.74, 6) is -2.26. The van der Waals surface area contributed by atoms with Gasteiger partial charge in [0.1, 0.15) is 16.4 Å². The SMILES string of the molecule is C=CCCNC(=O)C(=O)C(CCC=C)NC(=O)[C@@H]1C2C(CN1C(=O)C(NC(=O)NC1CC3CCC1C3)C1CCCCC1)C2(Cl)Cl. The molecule has 12 heteroatoms. The van der Waals surface area contributed by atoms with Gasteiger partial charge in [0.2, 0.25) is 17.6 Å². The van der Waals surface area contributed by atoms with Crippen molar-refractivity contribution >= 4 is 52.7 Å². The van der Waals surface area contributed by atoms with Gasteiger partial charge >= 0.3 is 6.03 Å². The Labute approximate surface area is 275 Å². The predicted octanol–water partition coefficient (Wildman–Crippen LogP) is 3.77. The van der Waals surface area contributed by atoms with E-state index in [-0.39, 0.29) is 49.3 Å². The molecule has 1 saturated heterocycles. The van der Waals surface area contributed by atoms with Crippen LogP contribution in [0.3, 0.4) is 0 Å². The van der Waals surface area contributed by atoms with Gasteiger partial charge in [-0.25, -0.2) is 4.79 Å². The van der Waals surface area contributed by atoms with E-state index in [0.29, 0.717) is 24.7 Å². The number of rotatable bonds is 14. The molecule has 7 unspecified atom stereocenters. The number of carbonyl (C=O) groups is 5. The van der Waals surface area contributed by atoms with Crippen LogP contribution in [0.5, 0.6) is 0 Å². The molecule has 5 fully saturated rings.